The zero-order chi connectivity index (χ0) is 20.3. The molecule has 5 nitrogen and oxygen atoms in total. The second kappa shape index (κ2) is 7.93. The Bertz CT molecular complexity index is 1240. The van der Waals surface area contributed by atoms with Crippen LogP contribution in [0.3, 0.4) is 0 Å². The lowest BCUT2D eigenvalue weighted by Crippen LogP contribution is -2.12. The number of nitrogens with one attached hydrogen (secondary N) is 1. The summed E-state index contributed by atoms with van der Waals surface area (Å²) in [5.74, 6) is 0.734. The Balaban J connectivity index is 1.53. The molecule has 1 aromatic heterocycles. The molecule has 4 rings (SSSR count). The first-order valence-corrected chi connectivity index (χ1v) is 10.6. The van der Waals surface area contributed by atoms with E-state index in [4.69, 9.17) is 4.74 Å². The fourth-order valence-corrected chi connectivity index (χ4v) is 4.23. The molecule has 0 amide bonds. The van der Waals surface area contributed by atoms with Crippen molar-refractivity contribution in [2.45, 2.75) is 11.3 Å². The van der Waals surface area contributed by atoms with Crippen LogP contribution in [0.25, 0.3) is 10.8 Å². The van der Waals surface area contributed by atoms with E-state index in [1.807, 2.05) is 42.5 Å². The number of nitrogens with zero attached hydrogens (tertiary/aromatic N) is 1. The van der Waals surface area contributed by atoms with E-state index in [9.17, 15) is 8.42 Å². The number of ether oxygens (including phenoxy) is 1. The summed E-state index contributed by atoms with van der Waals surface area (Å²) in [5, 5.41) is 1.75. The Labute approximate surface area is 170 Å². The summed E-state index contributed by atoms with van der Waals surface area (Å²) in [5.41, 5.74) is 2.78. The van der Waals surface area contributed by atoms with Crippen molar-refractivity contribution >= 4 is 26.5 Å². The average molecular weight is 404 g/mol. The normalized spacial score (nSPS) is 11.3. The standard InChI is InChI=1S/C23H20N2O3S/c1-28-22-8-4-20-16-23(9-5-19(20)15-22)29(26,27)25-21-6-2-17(3-7-21)14-18-10-12-24-13-11-18/h2-13,15-16,25H,14H2,1H3. The van der Waals surface area contributed by atoms with Crippen LogP contribution in [0.15, 0.2) is 90.1 Å². The Morgan fingerprint density at radius 3 is 2.21 bits per heavy atom. The fourth-order valence-electron chi connectivity index (χ4n) is 3.14. The van der Waals surface area contributed by atoms with Crippen LogP contribution in [0.4, 0.5) is 5.69 Å². The Morgan fingerprint density at radius 1 is 0.828 bits per heavy atom. The topological polar surface area (TPSA) is 68.3 Å². The van der Waals surface area contributed by atoms with Crippen molar-refractivity contribution in [1.82, 2.24) is 4.98 Å². The van der Waals surface area contributed by atoms with Gasteiger partial charge in [-0.05, 0) is 76.9 Å². The fraction of sp³-hybridized carbons (Fsp3) is 0.0870. The van der Waals surface area contributed by atoms with E-state index < -0.39 is 10.0 Å². The molecule has 0 aliphatic rings. The summed E-state index contributed by atoms with van der Waals surface area (Å²) in [6.07, 6.45) is 4.29. The van der Waals surface area contributed by atoms with Gasteiger partial charge >= 0.3 is 0 Å². The smallest absolute Gasteiger partial charge is 0.261 e. The summed E-state index contributed by atoms with van der Waals surface area (Å²) in [4.78, 5) is 4.23. The van der Waals surface area contributed by atoms with E-state index in [1.54, 1.807) is 49.8 Å². The lowest BCUT2D eigenvalue weighted by atomic mass is 10.1. The summed E-state index contributed by atoms with van der Waals surface area (Å²) in [6, 6.07) is 21.9. The molecule has 1 N–H and O–H groups in total. The molecule has 0 unspecified atom stereocenters. The molecule has 146 valence electrons. The van der Waals surface area contributed by atoms with Crippen molar-refractivity contribution in [2.75, 3.05) is 11.8 Å². The van der Waals surface area contributed by atoms with Crippen LogP contribution in [0.2, 0.25) is 0 Å². The van der Waals surface area contributed by atoms with Crippen LogP contribution < -0.4 is 9.46 Å². The van der Waals surface area contributed by atoms with Gasteiger partial charge < -0.3 is 4.74 Å². The quantitative estimate of drug-likeness (QED) is 0.509. The summed E-state index contributed by atoms with van der Waals surface area (Å²) >= 11 is 0. The number of methoxy groups -OCH3 is 1. The highest BCUT2D eigenvalue weighted by Gasteiger charge is 2.15. The van der Waals surface area contributed by atoms with E-state index in [1.165, 1.54) is 0 Å². The van der Waals surface area contributed by atoms with Crippen molar-refractivity contribution in [3.05, 3.63) is 96.3 Å². The Hall–Kier alpha value is -3.38. The maximum absolute atomic E-state index is 12.8. The van der Waals surface area contributed by atoms with Gasteiger partial charge in [0.2, 0.25) is 0 Å². The van der Waals surface area contributed by atoms with Gasteiger partial charge in [-0.3, -0.25) is 9.71 Å². The zero-order valence-electron chi connectivity index (χ0n) is 15.9. The van der Waals surface area contributed by atoms with Crippen molar-refractivity contribution < 1.29 is 13.2 Å². The first-order valence-electron chi connectivity index (χ1n) is 9.12. The first kappa shape index (κ1) is 19.0. The van der Waals surface area contributed by atoms with E-state index in [2.05, 4.69) is 9.71 Å². The average Bonchev–Trinajstić information content (AvgIpc) is 2.75. The van der Waals surface area contributed by atoms with Gasteiger partial charge in [0.05, 0.1) is 12.0 Å². The summed E-state index contributed by atoms with van der Waals surface area (Å²) < 4.78 is 33.5. The van der Waals surface area contributed by atoms with Crippen LogP contribution in [-0.4, -0.2) is 20.5 Å². The highest BCUT2D eigenvalue weighted by atomic mass is 32.2. The van der Waals surface area contributed by atoms with Crippen LogP contribution in [-0.2, 0) is 16.4 Å². The minimum atomic E-state index is -3.68. The van der Waals surface area contributed by atoms with Crippen molar-refractivity contribution in [2.24, 2.45) is 0 Å². The molecule has 0 aliphatic heterocycles. The van der Waals surface area contributed by atoms with Crippen LogP contribution >= 0.6 is 0 Å². The zero-order valence-corrected chi connectivity index (χ0v) is 16.7. The number of aromatic nitrogens is 1. The number of hydrogen-bond donors (Lipinski definition) is 1. The molecule has 3 aromatic carbocycles. The number of sulfonamides is 1. The SMILES string of the molecule is COc1ccc2cc(S(=O)(=O)Nc3ccc(Cc4ccncc4)cc3)ccc2c1. The molecule has 6 heteroatoms. The Morgan fingerprint density at radius 2 is 1.48 bits per heavy atom. The van der Waals surface area contributed by atoms with Gasteiger partial charge in [0.1, 0.15) is 5.75 Å². The predicted octanol–water partition coefficient (Wildman–Crippen LogP) is 4.64. The summed E-state index contributed by atoms with van der Waals surface area (Å²) in [7, 11) is -2.08. The second-order valence-corrected chi connectivity index (χ2v) is 8.39. The van der Waals surface area contributed by atoms with Gasteiger partial charge in [-0.1, -0.05) is 24.3 Å². The van der Waals surface area contributed by atoms with Crippen LogP contribution in [0, 0.1) is 0 Å². The molecule has 0 saturated heterocycles. The molecular formula is C23H20N2O3S. The monoisotopic (exact) mass is 404 g/mol. The van der Waals surface area contributed by atoms with Crippen molar-refractivity contribution in [1.29, 1.82) is 0 Å². The maximum atomic E-state index is 12.8. The van der Waals surface area contributed by atoms with Crippen molar-refractivity contribution in [3.8, 4) is 5.75 Å². The van der Waals surface area contributed by atoms with Gasteiger partial charge in [0, 0.05) is 18.1 Å². The number of benzene rings is 3. The van der Waals surface area contributed by atoms with E-state index >= 15 is 0 Å². The third kappa shape index (κ3) is 4.38. The number of pyridine rings is 1. The van der Waals surface area contributed by atoms with E-state index in [0.717, 1.165) is 34.1 Å². The van der Waals surface area contributed by atoms with Gasteiger partial charge in [-0.15, -0.1) is 0 Å². The summed E-state index contributed by atoms with van der Waals surface area (Å²) in [6.45, 7) is 0. The van der Waals surface area contributed by atoms with Crippen LogP contribution in [0.5, 0.6) is 5.75 Å². The molecule has 4 aromatic rings. The van der Waals surface area contributed by atoms with Gasteiger partial charge in [-0.25, -0.2) is 8.42 Å². The minimum Gasteiger partial charge on any atom is -0.497 e. The molecule has 0 aliphatic carbocycles. The molecule has 0 bridgehead atoms. The van der Waals surface area contributed by atoms with Gasteiger partial charge in [0.25, 0.3) is 10.0 Å². The van der Waals surface area contributed by atoms with Crippen molar-refractivity contribution in [3.63, 3.8) is 0 Å². The largest absolute Gasteiger partial charge is 0.497 e. The molecule has 29 heavy (non-hydrogen) atoms. The van der Waals surface area contributed by atoms with E-state index in [0.29, 0.717) is 5.69 Å². The number of anilines is 1. The molecule has 0 radical (unpaired) electrons. The lowest BCUT2D eigenvalue weighted by Gasteiger charge is -2.10. The second-order valence-electron chi connectivity index (χ2n) is 6.71. The molecular weight excluding hydrogens is 384 g/mol. The predicted molar refractivity (Wildman–Crippen MR) is 115 cm³/mol. The molecule has 0 fully saturated rings. The molecule has 0 spiro atoms. The molecule has 0 saturated carbocycles. The highest BCUT2D eigenvalue weighted by Crippen LogP contribution is 2.25. The van der Waals surface area contributed by atoms with Gasteiger partial charge in [0.15, 0.2) is 0 Å². The molecule has 0 atom stereocenters. The third-order valence-corrected chi connectivity index (χ3v) is 6.07. The van der Waals surface area contributed by atoms with Gasteiger partial charge in [-0.2, -0.15) is 0 Å². The number of rotatable bonds is 6. The highest BCUT2D eigenvalue weighted by molar-refractivity contribution is 7.92. The van der Waals surface area contributed by atoms with E-state index in [-0.39, 0.29) is 4.90 Å². The third-order valence-electron chi connectivity index (χ3n) is 4.69. The maximum Gasteiger partial charge on any atom is 0.261 e. The lowest BCUT2D eigenvalue weighted by molar-refractivity contribution is 0.415. The minimum absolute atomic E-state index is 0.219. The molecule has 1 heterocycles. The first-order chi connectivity index (χ1) is 14.0. The Kier molecular flexibility index (Phi) is 5.18. The number of hydrogen-bond acceptors (Lipinski definition) is 4. The number of fused-ring (bicyclic) bond motifs is 1. The van der Waals surface area contributed by atoms with Crippen LogP contribution in [0.1, 0.15) is 11.1 Å².